The number of rotatable bonds is 2. The van der Waals surface area contributed by atoms with Crippen LogP contribution >= 0.6 is 0 Å². The highest BCUT2D eigenvalue weighted by Crippen LogP contribution is 2.36. The maximum atomic E-state index is 12.3. The van der Waals surface area contributed by atoms with Crippen molar-refractivity contribution in [2.75, 3.05) is 0 Å². The molecule has 2 heterocycles. The third-order valence-electron chi connectivity index (χ3n) is 4.03. The monoisotopic (exact) mass is 273 g/mol. The van der Waals surface area contributed by atoms with Crippen LogP contribution in [-0.4, -0.2) is 27.9 Å². The predicted octanol–water partition coefficient (Wildman–Crippen LogP) is 2.83. The first kappa shape index (κ1) is 13.2. The van der Waals surface area contributed by atoms with Gasteiger partial charge in [-0.2, -0.15) is 0 Å². The summed E-state index contributed by atoms with van der Waals surface area (Å²) < 4.78 is 5.36. The highest BCUT2D eigenvalue weighted by atomic mass is 16.6. The third kappa shape index (κ3) is 2.43. The smallest absolute Gasteiger partial charge is 0.413 e. The minimum atomic E-state index is -1.16. The summed E-state index contributed by atoms with van der Waals surface area (Å²) in [4.78, 5) is 13.8. The van der Waals surface area contributed by atoms with Gasteiger partial charge in [-0.25, -0.2) is 4.79 Å². The minimum absolute atomic E-state index is 0.0363. The van der Waals surface area contributed by atoms with E-state index in [0.29, 0.717) is 6.42 Å². The van der Waals surface area contributed by atoms with Crippen LogP contribution < -0.4 is 0 Å². The first-order chi connectivity index (χ1) is 9.69. The molecule has 1 aromatic carbocycles. The molecule has 4 heteroatoms. The maximum absolute atomic E-state index is 12.3. The van der Waals surface area contributed by atoms with E-state index in [1.54, 1.807) is 6.08 Å². The number of hydrogen-bond donors (Lipinski definition) is 1. The van der Waals surface area contributed by atoms with Gasteiger partial charge in [-0.15, -0.1) is 0 Å². The molecule has 2 bridgehead atoms. The van der Waals surface area contributed by atoms with Gasteiger partial charge in [-0.05, 0) is 30.9 Å². The van der Waals surface area contributed by atoms with Crippen molar-refractivity contribution in [1.82, 2.24) is 4.90 Å². The number of amides is 1. The summed E-state index contributed by atoms with van der Waals surface area (Å²) in [6, 6.07) is 9.54. The van der Waals surface area contributed by atoms with Crippen molar-refractivity contribution < 1.29 is 14.6 Å². The molecule has 0 aromatic heterocycles. The quantitative estimate of drug-likeness (QED) is 0.843. The number of carbonyl (C=O) groups excluding carboxylic acids is 1. The van der Waals surface area contributed by atoms with Crippen molar-refractivity contribution in [3.8, 4) is 0 Å². The number of nitrogens with zero attached hydrogens (tertiary/aromatic N) is 1. The zero-order valence-electron chi connectivity index (χ0n) is 11.4. The molecule has 0 saturated carbocycles. The SMILES string of the molecule is O=C(OCc1ccccc1)N1[C@@H]2C=C[C@@]1(O)CCCC2. The lowest BCUT2D eigenvalue weighted by Gasteiger charge is -2.34. The minimum Gasteiger partial charge on any atom is -0.444 e. The standard InChI is InChI=1S/C16H19NO3/c18-15(20-12-13-6-2-1-3-7-13)17-14-8-4-5-10-16(17,19)11-9-14/h1-3,6-7,9,11,14,19H,4-5,8,10,12H2/t14-,16-/m0/s1. The van der Waals surface area contributed by atoms with E-state index in [0.717, 1.165) is 24.8 Å². The van der Waals surface area contributed by atoms with Crippen LogP contribution in [0.3, 0.4) is 0 Å². The average molecular weight is 273 g/mol. The van der Waals surface area contributed by atoms with Gasteiger partial charge in [0.1, 0.15) is 6.61 Å². The Morgan fingerprint density at radius 3 is 2.95 bits per heavy atom. The van der Waals surface area contributed by atoms with E-state index >= 15 is 0 Å². The number of aliphatic hydroxyl groups is 1. The van der Waals surface area contributed by atoms with Crippen LogP contribution in [0.1, 0.15) is 31.2 Å². The zero-order valence-corrected chi connectivity index (χ0v) is 11.4. The second-order valence-electron chi connectivity index (χ2n) is 5.46. The Morgan fingerprint density at radius 2 is 2.15 bits per heavy atom. The molecule has 1 N–H and O–H groups in total. The van der Waals surface area contributed by atoms with Crippen molar-refractivity contribution in [2.45, 2.75) is 44.1 Å². The Bertz CT molecular complexity index is 514. The van der Waals surface area contributed by atoms with Gasteiger partial charge in [0.05, 0.1) is 6.04 Å². The van der Waals surface area contributed by atoms with Crippen LogP contribution in [0.2, 0.25) is 0 Å². The molecule has 1 amide bonds. The normalized spacial score (nSPS) is 28.2. The van der Waals surface area contributed by atoms with Crippen LogP contribution in [0, 0.1) is 0 Å². The van der Waals surface area contributed by atoms with E-state index in [4.69, 9.17) is 4.74 Å². The fraction of sp³-hybridized carbons (Fsp3) is 0.438. The van der Waals surface area contributed by atoms with Crippen LogP contribution in [0.5, 0.6) is 0 Å². The van der Waals surface area contributed by atoms with Crippen molar-refractivity contribution in [3.05, 3.63) is 48.0 Å². The Hall–Kier alpha value is -1.81. The molecule has 0 spiro atoms. The van der Waals surface area contributed by atoms with Crippen molar-refractivity contribution in [1.29, 1.82) is 0 Å². The average Bonchev–Trinajstić information content (AvgIpc) is 2.68. The summed E-state index contributed by atoms with van der Waals surface area (Å²) in [5.74, 6) is 0. The zero-order chi connectivity index (χ0) is 14.0. The van der Waals surface area contributed by atoms with Gasteiger partial charge in [0.2, 0.25) is 0 Å². The molecular weight excluding hydrogens is 254 g/mol. The Balaban J connectivity index is 1.68. The lowest BCUT2D eigenvalue weighted by atomic mass is 10.0. The van der Waals surface area contributed by atoms with E-state index < -0.39 is 11.8 Å². The van der Waals surface area contributed by atoms with Gasteiger partial charge < -0.3 is 9.84 Å². The van der Waals surface area contributed by atoms with Crippen LogP contribution in [0.25, 0.3) is 0 Å². The number of fused-ring (bicyclic) bond motifs is 2. The fourth-order valence-corrected chi connectivity index (χ4v) is 2.97. The Morgan fingerprint density at radius 1 is 1.35 bits per heavy atom. The second kappa shape index (κ2) is 5.29. The van der Waals surface area contributed by atoms with E-state index in [9.17, 15) is 9.90 Å². The van der Waals surface area contributed by atoms with E-state index in [-0.39, 0.29) is 12.6 Å². The largest absolute Gasteiger partial charge is 0.444 e. The van der Waals surface area contributed by atoms with Crippen molar-refractivity contribution in [2.24, 2.45) is 0 Å². The second-order valence-corrected chi connectivity index (χ2v) is 5.46. The van der Waals surface area contributed by atoms with Gasteiger partial charge in [0.15, 0.2) is 5.72 Å². The number of benzene rings is 1. The van der Waals surface area contributed by atoms with Gasteiger partial charge in [-0.3, -0.25) is 4.90 Å². The molecule has 1 aromatic rings. The fourth-order valence-electron chi connectivity index (χ4n) is 2.97. The molecule has 0 aliphatic carbocycles. The van der Waals surface area contributed by atoms with E-state index in [1.807, 2.05) is 36.4 Å². The molecule has 4 nitrogen and oxygen atoms in total. The summed E-state index contributed by atoms with van der Waals surface area (Å²) in [6.07, 6.45) is 6.65. The van der Waals surface area contributed by atoms with Gasteiger partial charge >= 0.3 is 6.09 Å². The molecule has 2 atom stereocenters. The summed E-state index contributed by atoms with van der Waals surface area (Å²) in [6.45, 7) is 0.235. The number of carbonyl (C=O) groups is 1. The molecule has 1 saturated heterocycles. The lowest BCUT2D eigenvalue weighted by Crippen LogP contribution is -2.50. The predicted molar refractivity (Wildman–Crippen MR) is 74.8 cm³/mol. The van der Waals surface area contributed by atoms with Gasteiger partial charge in [0, 0.05) is 0 Å². The highest BCUT2D eigenvalue weighted by Gasteiger charge is 2.45. The van der Waals surface area contributed by atoms with E-state index in [1.165, 1.54) is 4.90 Å². The summed E-state index contributed by atoms with van der Waals surface area (Å²) in [5, 5.41) is 10.6. The van der Waals surface area contributed by atoms with Gasteiger partial charge in [-0.1, -0.05) is 42.8 Å². The Kier molecular flexibility index (Phi) is 3.49. The molecular formula is C16H19NO3. The number of hydrogen-bond acceptors (Lipinski definition) is 3. The maximum Gasteiger partial charge on any atom is 0.413 e. The molecule has 2 aliphatic rings. The summed E-state index contributed by atoms with van der Waals surface area (Å²) in [7, 11) is 0. The first-order valence-corrected chi connectivity index (χ1v) is 7.11. The molecule has 2 aliphatic heterocycles. The van der Waals surface area contributed by atoms with Crippen LogP contribution in [0.4, 0.5) is 4.79 Å². The molecule has 0 radical (unpaired) electrons. The topological polar surface area (TPSA) is 49.8 Å². The van der Waals surface area contributed by atoms with E-state index in [2.05, 4.69) is 0 Å². The first-order valence-electron chi connectivity index (χ1n) is 7.11. The van der Waals surface area contributed by atoms with Gasteiger partial charge in [0.25, 0.3) is 0 Å². The third-order valence-corrected chi connectivity index (χ3v) is 4.03. The highest BCUT2D eigenvalue weighted by molar-refractivity contribution is 5.70. The van der Waals surface area contributed by atoms with Crippen molar-refractivity contribution in [3.63, 3.8) is 0 Å². The van der Waals surface area contributed by atoms with Crippen LogP contribution in [0.15, 0.2) is 42.5 Å². The van der Waals surface area contributed by atoms with Crippen LogP contribution in [-0.2, 0) is 11.3 Å². The molecule has 0 unspecified atom stereocenters. The van der Waals surface area contributed by atoms with Crippen molar-refractivity contribution >= 4 is 6.09 Å². The lowest BCUT2D eigenvalue weighted by molar-refractivity contribution is -0.0614. The summed E-state index contributed by atoms with van der Waals surface area (Å²) in [5.41, 5.74) is -0.211. The molecule has 3 rings (SSSR count). The molecule has 20 heavy (non-hydrogen) atoms. The molecule has 106 valence electrons. The summed E-state index contributed by atoms with van der Waals surface area (Å²) >= 11 is 0. The Labute approximate surface area is 118 Å². The number of ether oxygens (including phenoxy) is 1. The molecule has 1 fully saturated rings.